The topological polar surface area (TPSA) is 72.9 Å². The van der Waals surface area contributed by atoms with E-state index in [4.69, 9.17) is 8.92 Å². The molecule has 2 atom stereocenters. The first-order valence-corrected chi connectivity index (χ1v) is 9.37. The lowest BCUT2D eigenvalue weighted by molar-refractivity contribution is 0.0275. The van der Waals surface area contributed by atoms with Crippen molar-refractivity contribution in [3.8, 4) is 0 Å². The highest BCUT2D eigenvalue weighted by Gasteiger charge is 2.38. The molecule has 0 aliphatic carbocycles. The van der Waals surface area contributed by atoms with E-state index in [0.717, 1.165) is 5.56 Å². The number of carbonyl (C=O) groups is 1. The van der Waals surface area contributed by atoms with E-state index in [1.54, 1.807) is 32.9 Å². The molecule has 0 bridgehead atoms. The summed E-state index contributed by atoms with van der Waals surface area (Å²) >= 11 is 0. The van der Waals surface area contributed by atoms with Crippen LogP contribution in [-0.2, 0) is 19.0 Å². The second-order valence-corrected chi connectivity index (χ2v) is 8.84. The number of ether oxygens (including phenoxy) is 1. The van der Waals surface area contributed by atoms with Crippen molar-refractivity contribution in [1.82, 2.24) is 4.90 Å². The van der Waals surface area contributed by atoms with Crippen molar-refractivity contribution in [2.24, 2.45) is 5.92 Å². The van der Waals surface area contributed by atoms with Crippen LogP contribution in [0.15, 0.2) is 29.2 Å². The maximum absolute atomic E-state index is 12.4. The number of hydrogen-bond donors (Lipinski definition) is 0. The monoisotopic (exact) mass is 355 g/mol. The van der Waals surface area contributed by atoms with Crippen molar-refractivity contribution in [3.63, 3.8) is 0 Å². The molecule has 0 aromatic heterocycles. The van der Waals surface area contributed by atoms with Gasteiger partial charge in [-0.2, -0.15) is 8.42 Å². The zero-order chi connectivity index (χ0) is 18.1. The summed E-state index contributed by atoms with van der Waals surface area (Å²) in [5.74, 6) is -0.0993. The first-order chi connectivity index (χ1) is 11.0. The van der Waals surface area contributed by atoms with E-state index in [0.29, 0.717) is 6.54 Å². The van der Waals surface area contributed by atoms with E-state index in [2.05, 4.69) is 0 Å². The number of rotatable bonds is 3. The molecule has 24 heavy (non-hydrogen) atoms. The zero-order valence-corrected chi connectivity index (χ0v) is 15.6. The van der Waals surface area contributed by atoms with E-state index in [1.165, 1.54) is 17.0 Å². The average molecular weight is 355 g/mol. The fraction of sp³-hybridized carbons (Fsp3) is 0.588. The van der Waals surface area contributed by atoms with Crippen LogP contribution in [0.25, 0.3) is 0 Å². The Morgan fingerprint density at radius 2 is 1.75 bits per heavy atom. The third kappa shape index (κ3) is 4.70. The summed E-state index contributed by atoms with van der Waals surface area (Å²) in [4.78, 5) is 13.7. The minimum Gasteiger partial charge on any atom is -0.444 e. The van der Waals surface area contributed by atoms with Crippen LogP contribution in [0, 0.1) is 12.8 Å². The Labute approximate surface area is 143 Å². The van der Waals surface area contributed by atoms with Crippen molar-refractivity contribution in [3.05, 3.63) is 29.8 Å². The number of benzene rings is 1. The molecular weight excluding hydrogens is 330 g/mol. The van der Waals surface area contributed by atoms with Gasteiger partial charge in [-0.25, -0.2) is 4.79 Å². The molecule has 0 unspecified atom stereocenters. The van der Waals surface area contributed by atoms with Crippen LogP contribution < -0.4 is 0 Å². The van der Waals surface area contributed by atoms with Gasteiger partial charge in [-0.3, -0.25) is 4.18 Å². The molecule has 134 valence electrons. The van der Waals surface area contributed by atoms with E-state index in [9.17, 15) is 13.2 Å². The molecule has 7 heteroatoms. The average Bonchev–Trinajstić information content (AvgIpc) is 2.78. The molecule has 1 heterocycles. The van der Waals surface area contributed by atoms with Crippen molar-refractivity contribution in [2.45, 2.75) is 51.2 Å². The fourth-order valence-corrected chi connectivity index (χ4v) is 3.62. The fourth-order valence-electron chi connectivity index (χ4n) is 2.46. The second kappa shape index (κ2) is 6.72. The van der Waals surface area contributed by atoms with Crippen LogP contribution in [0.4, 0.5) is 4.79 Å². The second-order valence-electron chi connectivity index (χ2n) is 7.26. The summed E-state index contributed by atoms with van der Waals surface area (Å²) in [6, 6.07) is 6.49. The molecule has 1 saturated heterocycles. The van der Waals surface area contributed by atoms with Gasteiger partial charge >= 0.3 is 6.09 Å². The van der Waals surface area contributed by atoms with Crippen molar-refractivity contribution >= 4 is 16.2 Å². The Kier molecular flexibility index (Phi) is 5.25. The quantitative estimate of drug-likeness (QED) is 0.780. The Balaban J connectivity index is 2.05. The van der Waals surface area contributed by atoms with Gasteiger partial charge in [0.25, 0.3) is 10.1 Å². The van der Waals surface area contributed by atoms with Gasteiger partial charge in [0.1, 0.15) is 5.60 Å². The number of aryl methyl sites for hydroxylation is 1. The molecule has 6 nitrogen and oxygen atoms in total. The molecule has 1 aromatic carbocycles. The van der Waals surface area contributed by atoms with Gasteiger partial charge in [0, 0.05) is 12.5 Å². The number of nitrogens with zero attached hydrogens (tertiary/aromatic N) is 1. The van der Waals surface area contributed by atoms with Gasteiger partial charge in [0.15, 0.2) is 0 Å². The molecule has 0 saturated carbocycles. The molecule has 0 radical (unpaired) electrons. The largest absolute Gasteiger partial charge is 0.444 e. The van der Waals surface area contributed by atoms with E-state index in [1.807, 2.05) is 13.8 Å². The van der Waals surface area contributed by atoms with Gasteiger partial charge in [-0.05, 0) is 39.8 Å². The predicted octanol–water partition coefficient (Wildman–Crippen LogP) is 2.96. The summed E-state index contributed by atoms with van der Waals surface area (Å²) in [5.41, 5.74) is 0.382. The molecule has 0 N–H and O–H groups in total. The molecule has 1 amide bonds. The Morgan fingerprint density at radius 1 is 1.17 bits per heavy atom. The maximum atomic E-state index is 12.4. The smallest absolute Gasteiger partial charge is 0.410 e. The lowest BCUT2D eigenvalue weighted by atomic mass is 10.1. The SMILES string of the molecule is Cc1ccc(S(=O)(=O)O[C@H]2CN(C(=O)OC(C)(C)C)C[C@H]2C)cc1. The highest BCUT2D eigenvalue weighted by molar-refractivity contribution is 7.86. The van der Waals surface area contributed by atoms with Crippen LogP contribution >= 0.6 is 0 Å². The number of amides is 1. The third-order valence-corrected chi connectivity index (χ3v) is 5.11. The van der Waals surface area contributed by atoms with Gasteiger partial charge in [0.05, 0.1) is 17.5 Å². The maximum Gasteiger partial charge on any atom is 0.410 e. The van der Waals surface area contributed by atoms with Gasteiger partial charge in [0.2, 0.25) is 0 Å². The van der Waals surface area contributed by atoms with E-state index >= 15 is 0 Å². The number of hydrogen-bond acceptors (Lipinski definition) is 5. The van der Waals surface area contributed by atoms with Crippen molar-refractivity contribution in [1.29, 1.82) is 0 Å². The van der Waals surface area contributed by atoms with Crippen LogP contribution in [0.2, 0.25) is 0 Å². The standard InChI is InChI=1S/C17H25NO5S/c1-12-6-8-14(9-7-12)24(20,21)23-15-11-18(10-13(15)2)16(19)22-17(3,4)5/h6-9,13,15H,10-11H2,1-5H3/t13-,15+/m1/s1. The summed E-state index contributed by atoms with van der Waals surface area (Å²) in [6.45, 7) is 9.72. The molecule has 1 aliphatic rings. The first-order valence-electron chi connectivity index (χ1n) is 7.96. The summed E-state index contributed by atoms with van der Waals surface area (Å²) < 4.78 is 35.5. The van der Waals surface area contributed by atoms with Crippen molar-refractivity contribution in [2.75, 3.05) is 13.1 Å². The van der Waals surface area contributed by atoms with Crippen LogP contribution in [0.3, 0.4) is 0 Å². The van der Waals surface area contributed by atoms with E-state index in [-0.39, 0.29) is 17.4 Å². The van der Waals surface area contributed by atoms with Crippen molar-refractivity contribution < 1.29 is 22.1 Å². The minimum absolute atomic E-state index is 0.0993. The van der Waals surface area contributed by atoms with E-state index < -0.39 is 27.9 Å². The normalized spacial score (nSPS) is 21.8. The van der Waals surface area contributed by atoms with Gasteiger partial charge in [-0.1, -0.05) is 24.6 Å². The molecule has 1 aromatic rings. The molecule has 2 rings (SSSR count). The molecule has 1 fully saturated rings. The Bertz CT molecular complexity index is 691. The molecule has 1 aliphatic heterocycles. The van der Waals surface area contributed by atoms with Gasteiger partial charge in [-0.15, -0.1) is 0 Å². The molecule has 0 spiro atoms. The Hall–Kier alpha value is -1.60. The summed E-state index contributed by atoms with van der Waals surface area (Å²) in [7, 11) is -3.86. The summed E-state index contributed by atoms with van der Waals surface area (Å²) in [6.07, 6.45) is -1.03. The lowest BCUT2D eigenvalue weighted by Crippen LogP contribution is -2.36. The zero-order valence-electron chi connectivity index (χ0n) is 14.8. The number of carbonyl (C=O) groups excluding carboxylic acids is 1. The first kappa shape index (κ1) is 18.7. The Morgan fingerprint density at radius 3 is 2.29 bits per heavy atom. The highest BCUT2D eigenvalue weighted by atomic mass is 32.2. The summed E-state index contributed by atoms with van der Waals surface area (Å²) in [5, 5.41) is 0. The van der Waals surface area contributed by atoms with Gasteiger partial charge < -0.3 is 9.64 Å². The van der Waals surface area contributed by atoms with Crippen LogP contribution in [-0.4, -0.2) is 44.2 Å². The lowest BCUT2D eigenvalue weighted by Gasteiger charge is -2.24. The highest BCUT2D eigenvalue weighted by Crippen LogP contribution is 2.25. The van der Waals surface area contributed by atoms with Crippen LogP contribution in [0.5, 0.6) is 0 Å². The minimum atomic E-state index is -3.86. The van der Waals surface area contributed by atoms with Crippen LogP contribution in [0.1, 0.15) is 33.3 Å². The third-order valence-electron chi connectivity index (χ3n) is 3.76. The predicted molar refractivity (Wildman–Crippen MR) is 90.2 cm³/mol. The number of likely N-dealkylation sites (tertiary alicyclic amines) is 1. The molecular formula is C17H25NO5S.